The van der Waals surface area contributed by atoms with Gasteiger partial charge in [-0.25, -0.2) is 9.37 Å². The fourth-order valence-electron chi connectivity index (χ4n) is 2.81. The van der Waals surface area contributed by atoms with Gasteiger partial charge in [0.1, 0.15) is 17.6 Å². The van der Waals surface area contributed by atoms with Gasteiger partial charge in [-0.1, -0.05) is 12.1 Å². The average molecular weight is 346 g/mol. The van der Waals surface area contributed by atoms with Gasteiger partial charge in [0.15, 0.2) is 0 Å². The number of likely N-dealkylation sites (tertiary alicyclic amines) is 1. The minimum atomic E-state index is -0.714. The van der Waals surface area contributed by atoms with Crippen molar-refractivity contribution in [2.24, 2.45) is 5.73 Å². The van der Waals surface area contributed by atoms with Crippen molar-refractivity contribution < 1.29 is 14.0 Å². The van der Waals surface area contributed by atoms with Crippen molar-refractivity contribution in [1.82, 2.24) is 9.88 Å². The molecule has 2 heterocycles. The highest BCUT2D eigenvalue weighted by Crippen LogP contribution is 2.32. The van der Waals surface area contributed by atoms with Gasteiger partial charge in [0, 0.05) is 6.54 Å². The molecule has 1 aromatic heterocycles. The maximum Gasteiger partial charge on any atom is 0.274 e. The van der Waals surface area contributed by atoms with Crippen LogP contribution in [0, 0.1) is 19.2 Å². The van der Waals surface area contributed by atoms with Gasteiger partial charge >= 0.3 is 0 Å². The Labute approximate surface area is 143 Å². The maximum atomic E-state index is 13.2. The summed E-state index contributed by atoms with van der Waals surface area (Å²) >= 11 is 1.37. The summed E-state index contributed by atoms with van der Waals surface area (Å²) in [4.78, 5) is 31.1. The van der Waals surface area contributed by atoms with E-state index in [0.717, 1.165) is 23.4 Å². The number of hydrogen-bond acceptors (Lipinski definition) is 4. The summed E-state index contributed by atoms with van der Waals surface area (Å²) in [6.45, 7) is 2.27. The van der Waals surface area contributed by atoms with Gasteiger partial charge in [-0.15, -0.1) is 11.3 Å². The number of thiazole rings is 1. The summed E-state index contributed by atoms with van der Waals surface area (Å²) in [6.07, 6.45) is 3.29. The van der Waals surface area contributed by atoms with Crippen LogP contribution in [-0.4, -0.2) is 34.3 Å². The predicted molar refractivity (Wildman–Crippen MR) is 89.8 cm³/mol. The number of carbonyl (C=O) groups is 2. The van der Waals surface area contributed by atoms with Crippen molar-refractivity contribution in [3.63, 3.8) is 0 Å². The number of primary amides is 1. The molecule has 5 nitrogen and oxygen atoms in total. The van der Waals surface area contributed by atoms with E-state index < -0.39 is 11.9 Å². The molecule has 2 amide bonds. The highest BCUT2D eigenvalue weighted by Gasteiger charge is 2.33. The van der Waals surface area contributed by atoms with Gasteiger partial charge in [0.25, 0.3) is 5.91 Å². The van der Waals surface area contributed by atoms with Gasteiger partial charge in [0.05, 0.1) is 9.88 Å². The Kier molecular flexibility index (Phi) is 4.62. The summed E-state index contributed by atoms with van der Waals surface area (Å²) in [5, 5.41) is 0.731. The number of nitrogens with zero attached hydrogens (tertiary/aromatic N) is 2. The van der Waals surface area contributed by atoms with E-state index in [1.165, 1.54) is 28.4 Å². The third kappa shape index (κ3) is 3.17. The highest BCUT2D eigenvalue weighted by molar-refractivity contribution is 7.15. The van der Waals surface area contributed by atoms with Crippen LogP contribution in [0.3, 0.4) is 0 Å². The fraction of sp³-hybridized carbons (Fsp3) is 0.294. The second kappa shape index (κ2) is 6.68. The first-order valence-corrected chi connectivity index (χ1v) is 8.46. The van der Waals surface area contributed by atoms with Crippen LogP contribution < -0.4 is 5.73 Å². The number of aryl methyl sites for hydroxylation is 1. The molecule has 3 rings (SSSR count). The molecule has 1 aliphatic heterocycles. The maximum absolute atomic E-state index is 13.2. The van der Waals surface area contributed by atoms with Crippen molar-refractivity contribution in [2.75, 3.05) is 6.54 Å². The van der Waals surface area contributed by atoms with Crippen LogP contribution in [0.2, 0.25) is 0 Å². The van der Waals surface area contributed by atoms with Crippen LogP contribution >= 0.6 is 11.3 Å². The van der Waals surface area contributed by atoms with Crippen molar-refractivity contribution >= 4 is 23.2 Å². The first-order chi connectivity index (χ1) is 11.5. The standard InChI is InChI=1S/C17H17FN3O2S/c1-10-20-14(15(24-10)11-5-7-12(18)8-6-11)17(23)21-9-3-2-4-13(21)16(19)22/h4-8,13H,2-3,9H2,1H3,(H2,19,22). The predicted octanol–water partition coefficient (Wildman–Crippen LogP) is 2.55. The van der Waals surface area contributed by atoms with E-state index in [1.54, 1.807) is 18.6 Å². The molecule has 1 aromatic carbocycles. The molecule has 1 saturated heterocycles. The first kappa shape index (κ1) is 16.6. The van der Waals surface area contributed by atoms with Gasteiger partial charge in [0.2, 0.25) is 5.91 Å². The Balaban J connectivity index is 1.98. The van der Waals surface area contributed by atoms with E-state index in [4.69, 9.17) is 5.73 Å². The third-order valence-corrected chi connectivity index (χ3v) is 4.94. The molecule has 1 fully saturated rings. The second-order valence-electron chi connectivity index (χ2n) is 5.64. The minimum absolute atomic E-state index is 0.283. The number of piperidine rings is 1. The Hall–Kier alpha value is -2.28. The van der Waals surface area contributed by atoms with E-state index >= 15 is 0 Å². The van der Waals surface area contributed by atoms with Crippen LogP contribution in [-0.2, 0) is 4.79 Å². The fourth-order valence-corrected chi connectivity index (χ4v) is 3.72. The van der Waals surface area contributed by atoms with Gasteiger partial charge in [-0.2, -0.15) is 0 Å². The molecule has 1 unspecified atom stereocenters. The van der Waals surface area contributed by atoms with Crippen LogP contribution in [0.4, 0.5) is 4.39 Å². The summed E-state index contributed by atoms with van der Waals surface area (Å²) in [6, 6.07) is 5.22. The molecular weight excluding hydrogens is 329 g/mol. The quantitative estimate of drug-likeness (QED) is 0.928. The molecule has 0 saturated carbocycles. The Morgan fingerprint density at radius 3 is 2.71 bits per heavy atom. The number of nitrogens with two attached hydrogens (primary N) is 1. The summed E-state index contributed by atoms with van der Waals surface area (Å²) in [5.41, 5.74) is 6.43. The lowest BCUT2D eigenvalue weighted by atomic mass is 10.0. The van der Waals surface area contributed by atoms with Crippen LogP contribution in [0.25, 0.3) is 10.4 Å². The number of carbonyl (C=O) groups excluding carboxylic acids is 2. The molecule has 125 valence electrons. The number of amides is 2. The monoisotopic (exact) mass is 346 g/mol. The zero-order valence-electron chi connectivity index (χ0n) is 13.2. The number of halogens is 1. The zero-order chi connectivity index (χ0) is 17.3. The minimum Gasteiger partial charge on any atom is -0.368 e. The van der Waals surface area contributed by atoms with E-state index in [-0.39, 0.29) is 17.4 Å². The molecule has 24 heavy (non-hydrogen) atoms. The molecule has 2 N–H and O–H groups in total. The molecule has 1 radical (unpaired) electrons. The Morgan fingerprint density at radius 1 is 1.33 bits per heavy atom. The van der Waals surface area contributed by atoms with Gasteiger partial charge < -0.3 is 10.6 Å². The average Bonchev–Trinajstić information content (AvgIpc) is 2.96. The molecule has 0 bridgehead atoms. The largest absolute Gasteiger partial charge is 0.368 e. The number of aromatic nitrogens is 1. The second-order valence-corrected chi connectivity index (χ2v) is 6.84. The first-order valence-electron chi connectivity index (χ1n) is 7.64. The van der Waals surface area contributed by atoms with Crippen LogP contribution in [0.15, 0.2) is 24.3 Å². The number of hydrogen-bond donors (Lipinski definition) is 1. The molecule has 0 spiro atoms. The molecule has 0 aliphatic carbocycles. The molecule has 2 aromatic rings. The smallest absolute Gasteiger partial charge is 0.274 e. The lowest BCUT2D eigenvalue weighted by molar-refractivity contribution is -0.121. The van der Waals surface area contributed by atoms with Gasteiger partial charge in [-0.05, 0) is 43.9 Å². The lowest BCUT2D eigenvalue weighted by Gasteiger charge is -2.33. The summed E-state index contributed by atoms with van der Waals surface area (Å²) < 4.78 is 13.2. The van der Waals surface area contributed by atoms with E-state index in [0.29, 0.717) is 11.4 Å². The van der Waals surface area contributed by atoms with E-state index in [2.05, 4.69) is 4.98 Å². The molecule has 1 aliphatic rings. The van der Waals surface area contributed by atoms with Crippen molar-refractivity contribution in [3.05, 3.63) is 47.2 Å². The Morgan fingerprint density at radius 2 is 2.04 bits per heavy atom. The highest BCUT2D eigenvalue weighted by atomic mass is 32.1. The van der Waals surface area contributed by atoms with Crippen molar-refractivity contribution in [3.8, 4) is 10.4 Å². The summed E-state index contributed by atoms with van der Waals surface area (Å²) in [7, 11) is 0. The number of rotatable bonds is 3. The normalized spacial score (nSPS) is 17.8. The van der Waals surface area contributed by atoms with Gasteiger partial charge in [-0.3, -0.25) is 9.59 Å². The molecular formula is C17H17FN3O2S. The Bertz CT molecular complexity index is 773. The van der Waals surface area contributed by atoms with Crippen molar-refractivity contribution in [1.29, 1.82) is 0 Å². The van der Waals surface area contributed by atoms with Crippen LogP contribution in [0.1, 0.15) is 28.3 Å². The summed E-state index contributed by atoms with van der Waals surface area (Å²) in [5.74, 6) is -1.20. The van der Waals surface area contributed by atoms with E-state index in [9.17, 15) is 14.0 Å². The topological polar surface area (TPSA) is 76.3 Å². The van der Waals surface area contributed by atoms with E-state index in [1.807, 2.05) is 6.92 Å². The number of benzene rings is 1. The SMILES string of the molecule is Cc1nc(C(=O)N2CCC[CH]C2C(N)=O)c(-c2ccc(F)cc2)s1. The third-order valence-electron chi connectivity index (χ3n) is 3.92. The zero-order valence-corrected chi connectivity index (χ0v) is 14.0. The van der Waals surface area contributed by atoms with Crippen molar-refractivity contribution in [2.45, 2.75) is 25.8 Å². The molecule has 1 atom stereocenters. The van der Waals surface area contributed by atoms with Crippen LogP contribution in [0.5, 0.6) is 0 Å². The molecule has 7 heteroatoms. The lowest BCUT2D eigenvalue weighted by Crippen LogP contribution is -2.51.